The maximum absolute atomic E-state index is 14.1. The van der Waals surface area contributed by atoms with Gasteiger partial charge >= 0.3 is 5.97 Å². The van der Waals surface area contributed by atoms with Crippen LogP contribution in [0.15, 0.2) is 181 Å². The molecule has 15 heteroatoms. The Balaban J connectivity index is 1.34. The molecule has 0 aliphatic carbocycles. The summed E-state index contributed by atoms with van der Waals surface area (Å²) in [6.45, 7) is 3.21. The van der Waals surface area contributed by atoms with Gasteiger partial charge in [-0.15, -0.1) is 0 Å². The lowest BCUT2D eigenvalue weighted by atomic mass is 9.95. The number of methoxy groups -OCH3 is 1. The maximum Gasteiger partial charge on any atom is 0.303 e. The van der Waals surface area contributed by atoms with Crippen LogP contribution in [0.5, 0.6) is 11.5 Å². The summed E-state index contributed by atoms with van der Waals surface area (Å²) in [5.74, 6) is -0.0624. The molecule has 1 fully saturated rings. The third kappa shape index (κ3) is 16.6. The summed E-state index contributed by atoms with van der Waals surface area (Å²) in [4.78, 5) is 30.4. The van der Waals surface area contributed by atoms with Gasteiger partial charge in [-0.2, -0.15) is 0 Å². The number of carbonyl (C=O) groups is 2. The Morgan fingerprint density at radius 1 is 0.616 bits per heavy atom. The first-order valence-electron chi connectivity index (χ1n) is 24.4. The number of carbonyl (C=O) groups excluding carboxylic acids is 2. The van der Waals surface area contributed by atoms with E-state index in [1.807, 2.05) is 152 Å². The van der Waals surface area contributed by atoms with Gasteiger partial charge in [0.2, 0.25) is 0 Å². The highest BCUT2D eigenvalue weighted by molar-refractivity contribution is 5.85. The number of azide groups is 1. The third-order valence-electron chi connectivity index (χ3n) is 12.1. The van der Waals surface area contributed by atoms with Gasteiger partial charge in [0.1, 0.15) is 60.8 Å². The summed E-state index contributed by atoms with van der Waals surface area (Å²) in [7, 11) is 1.57. The normalized spacial score (nSPS) is 19.1. The van der Waals surface area contributed by atoms with E-state index in [4.69, 9.17) is 47.4 Å². The number of esters is 1. The van der Waals surface area contributed by atoms with Gasteiger partial charge in [-0.3, -0.25) is 9.59 Å². The molecule has 0 saturated carbocycles. The van der Waals surface area contributed by atoms with Gasteiger partial charge in [-0.05, 0) is 57.6 Å². The van der Waals surface area contributed by atoms with E-state index in [-0.39, 0.29) is 52.7 Å². The van der Waals surface area contributed by atoms with E-state index in [0.717, 1.165) is 27.8 Å². The monoisotopic (exact) mass is 993 g/mol. The summed E-state index contributed by atoms with van der Waals surface area (Å²) in [6.07, 6.45) is -9.37. The van der Waals surface area contributed by atoms with E-state index in [1.165, 1.54) is 6.92 Å². The van der Waals surface area contributed by atoms with Crippen molar-refractivity contribution in [3.8, 4) is 11.5 Å². The van der Waals surface area contributed by atoms with Crippen molar-refractivity contribution in [3.05, 3.63) is 214 Å². The van der Waals surface area contributed by atoms with Crippen LogP contribution in [0.4, 0.5) is 0 Å². The fraction of sp³-hybridized carbons (Fsp3) is 0.345. The summed E-state index contributed by atoms with van der Waals surface area (Å²) in [5.41, 5.74) is 14.7. The lowest BCUT2D eigenvalue weighted by Gasteiger charge is -2.46. The number of nitrogens with zero attached hydrogens (tertiary/aromatic N) is 3. The summed E-state index contributed by atoms with van der Waals surface area (Å²) in [5, 5.41) is 4.34. The topological polar surface area (TPSA) is 175 Å². The molecule has 1 aliphatic rings. The number of benzene rings is 6. The van der Waals surface area contributed by atoms with Crippen LogP contribution in [0.3, 0.4) is 0 Å². The molecule has 1 saturated heterocycles. The molecule has 0 amide bonds. The van der Waals surface area contributed by atoms with Gasteiger partial charge in [0.05, 0.1) is 46.8 Å². The number of rotatable bonds is 29. The molecular formula is C58H63N3O12. The smallest absolute Gasteiger partial charge is 0.303 e. The molecule has 1 unspecified atom stereocenters. The minimum atomic E-state index is -1.46. The van der Waals surface area contributed by atoms with Crippen molar-refractivity contribution in [2.45, 2.75) is 108 Å². The molecule has 6 aromatic rings. The Morgan fingerprint density at radius 2 is 1.08 bits per heavy atom. The average molecular weight is 994 g/mol. The largest absolute Gasteiger partial charge is 0.497 e. The highest BCUT2D eigenvalue weighted by atomic mass is 16.7. The van der Waals surface area contributed by atoms with Crippen molar-refractivity contribution >= 4 is 11.8 Å². The number of hydrogen-bond acceptors (Lipinski definition) is 13. The van der Waals surface area contributed by atoms with Gasteiger partial charge < -0.3 is 47.4 Å². The van der Waals surface area contributed by atoms with E-state index in [2.05, 4.69) is 10.0 Å². The molecule has 9 atom stereocenters. The molecule has 0 radical (unpaired) electrons. The molecule has 7 rings (SSSR count). The molecule has 0 spiro atoms. The van der Waals surface area contributed by atoms with Crippen LogP contribution in [0.1, 0.15) is 48.1 Å². The zero-order valence-electron chi connectivity index (χ0n) is 41.3. The number of ether oxygens (including phenoxy) is 10. The van der Waals surface area contributed by atoms with Crippen LogP contribution >= 0.6 is 0 Å². The second kappa shape index (κ2) is 29.0. The van der Waals surface area contributed by atoms with Gasteiger partial charge in [0.25, 0.3) is 0 Å². The molecule has 0 aromatic heterocycles. The van der Waals surface area contributed by atoms with E-state index >= 15 is 0 Å². The first-order chi connectivity index (χ1) is 35.8. The van der Waals surface area contributed by atoms with Crippen molar-refractivity contribution in [1.29, 1.82) is 0 Å². The Morgan fingerprint density at radius 3 is 1.56 bits per heavy atom. The first kappa shape index (κ1) is 53.9. The molecule has 15 nitrogen and oxygen atoms in total. The maximum atomic E-state index is 14.1. The molecule has 6 aromatic carbocycles. The second-order valence-corrected chi connectivity index (χ2v) is 17.3. The minimum absolute atomic E-state index is 0.00256. The van der Waals surface area contributed by atoms with E-state index < -0.39 is 66.8 Å². The molecule has 0 N–H and O–H groups in total. The standard InChI is InChI=1S/C58H63N3O12/c1-4-49(63)53(71-41(2)62)57(70-38-46-28-18-9-19-29-46)55(68-36-44-24-14-7-15-25-44)51(40-66-48-32-30-47(64-3)31-33-48)73-58-52(60-61-59)56(69-37-45-26-16-8-17-27-45)54(67-35-43-22-12-6-13-23-43)50(72-58)39-65-34-42-20-10-5-11-21-42/h5-33,50-58H,4,34-40H2,1-3H3/t50-,51-,52-,53?,54-,55-,56-,57+,58-/m1/s1. The van der Waals surface area contributed by atoms with Gasteiger partial charge in [0.15, 0.2) is 18.2 Å². The molecule has 382 valence electrons. The Labute approximate surface area is 426 Å². The fourth-order valence-corrected chi connectivity index (χ4v) is 8.35. The van der Waals surface area contributed by atoms with Crippen molar-refractivity contribution in [2.24, 2.45) is 5.11 Å². The highest BCUT2D eigenvalue weighted by Gasteiger charge is 2.51. The van der Waals surface area contributed by atoms with Gasteiger partial charge in [0, 0.05) is 18.3 Å². The van der Waals surface area contributed by atoms with Crippen LogP contribution in [-0.4, -0.2) is 87.1 Å². The molecule has 1 heterocycles. The molecule has 0 bridgehead atoms. The van der Waals surface area contributed by atoms with Gasteiger partial charge in [-0.25, -0.2) is 0 Å². The van der Waals surface area contributed by atoms with E-state index in [9.17, 15) is 15.1 Å². The van der Waals surface area contributed by atoms with Crippen molar-refractivity contribution in [2.75, 3.05) is 20.3 Å². The molecular weight excluding hydrogens is 931 g/mol. The lowest BCUT2D eigenvalue weighted by molar-refractivity contribution is -0.310. The quantitative estimate of drug-likeness (QED) is 0.0188. The predicted octanol–water partition coefficient (Wildman–Crippen LogP) is 10.3. The van der Waals surface area contributed by atoms with Gasteiger partial charge in [-0.1, -0.05) is 164 Å². The van der Waals surface area contributed by atoms with Crippen molar-refractivity contribution < 1.29 is 57.0 Å². The number of ketones is 1. The Hall–Kier alpha value is -6.91. The van der Waals surface area contributed by atoms with Crippen molar-refractivity contribution in [3.63, 3.8) is 0 Å². The Kier molecular flexibility index (Phi) is 21.4. The SMILES string of the molecule is CCC(=O)C(OC(C)=O)[C@H](OCc1ccccc1)[C@H](OCc1ccccc1)[C@@H](COc1ccc(OC)cc1)O[C@H]1O[C@H](COCc2ccccc2)[C@@H](OCc2ccccc2)[C@H](OCc2ccccc2)[C@H]1N=[N+]=[N-]. The number of hydrogen-bond donors (Lipinski definition) is 0. The van der Waals surface area contributed by atoms with E-state index in [1.54, 1.807) is 38.3 Å². The summed E-state index contributed by atoms with van der Waals surface area (Å²) < 4.78 is 65.6. The fourth-order valence-electron chi connectivity index (χ4n) is 8.35. The second-order valence-electron chi connectivity index (χ2n) is 17.3. The minimum Gasteiger partial charge on any atom is -0.497 e. The third-order valence-corrected chi connectivity index (χ3v) is 12.1. The first-order valence-corrected chi connectivity index (χ1v) is 24.4. The summed E-state index contributed by atoms with van der Waals surface area (Å²) >= 11 is 0. The number of Topliss-reactive ketones (excluding diaryl/α,β-unsaturated/α-hetero) is 1. The highest BCUT2D eigenvalue weighted by Crippen LogP contribution is 2.34. The molecule has 1 aliphatic heterocycles. The zero-order valence-corrected chi connectivity index (χ0v) is 41.3. The van der Waals surface area contributed by atoms with E-state index in [0.29, 0.717) is 11.5 Å². The van der Waals surface area contributed by atoms with Crippen molar-refractivity contribution in [1.82, 2.24) is 0 Å². The molecule has 73 heavy (non-hydrogen) atoms. The zero-order chi connectivity index (χ0) is 51.0. The van der Waals surface area contributed by atoms with Crippen LogP contribution < -0.4 is 9.47 Å². The Bertz CT molecular complexity index is 2580. The average Bonchev–Trinajstić information content (AvgIpc) is 3.43. The lowest BCUT2D eigenvalue weighted by Crippen LogP contribution is -2.62. The predicted molar refractivity (Wildman–Crippen MR) is 272 cm³/mol. The van der Waals surface area contributed by atoms with Crippen LogP contribution in [0, 0.1) is 0 Å². The van der Waals surface area contributed by atoms with Crippen LogP contribution in [0.2, 0.25) is 0 Å². The summed E-state index contributed by atoms with van der Waals surface area (Å²) in [6, 6.07) is 53.6. The van der Waals surface area contributed by atoms with Crippen LogP contribution in [0.25, 0.3) is 10.4 Å². The van der Waals surface area contributed by atoms with Crippen LogP contribution in [-0.2, 0) is 80.5 Å².